The highest BCUT2D eigenvalue weighted by molar-refractivity contribution is 7.80. The average Bonchev–Trinajstić information content (AvgIpc) is 2.06. The van der Waals surface area contributed by atoms with Crippen molar-refractivity contribution in [1.29, 1.82) is 0 Å². The summed E-state index contributed by atoms with van der Waals surface area (Å²) in [6.07, 6.45) is 3.37. The molecule has 3 N–H and O–H groups in total. The lowest BCUT2D eigenvalue weighted by molar-refractivity contribution is 1.09. The molecule has 0 fully saturated rings. The highest BCUT2D eigenvalue weighted by atomic mass is 32.1. The molecule has 63 valence electrons. The quantitative estimate of drug-likeness (QED) is 0.666. The fourth-order valence-electron chi connectivity index (χ4n) is 0.672. The molecule has 0 amide bonds. The number of rotatable bonds is 2. The number of thiocarbonyl (C=S) groups is 1. The lowest BCUT2D eigenvalue weighted by Crippen LogP contribution is -2.31. The van der Waals surface area contributed by atoms with Gasteiger partial charge in [-0.3, -0.25) is 4.98 Å². The van der Waals surface area contributed by atoms with Crippen LogP contribution < -0.4 is 11.1 Å². The van der Waals surface area contributed by atoms with Crippen LogP contribution in [0.25, 0.3) is 0 Å². The Morgan fingerprint density at radius 2 is 2.50 bits per heavy atom. The SMILES string of the molecule is [CH2]C(N)C(=S)Nc1cccnc1. The van der Waals surface area contributed by atoms with Gasteiger partial charge in [-0.05, 0) is 19.1 Å². The van der Waals surface area contributed by atoms with E-state index in [0.717, 1.165) is 5.69 Å². The first kappa shape index (κ1) is 9.09. The predicted octanol–water partition coefficient (Wildman–Crippen LogP) is 0.982. The number of nitrogens with two attached hydrogens (primary N) is 1. The number of pyridine rings is 1. The van der Waals surface area contributed by atoms with Crippen molar-refractivity contribution in [2.24, 2.45) is 5.73 Å². The van der Waals surface area contributed by atoms with Crippen LogP contribution >= 0.6 is 12.2 Å². The van der Waals surface area contributed by atoms with Gasteiger partial charge in [0, 0.05) is 6.20 Å². The van der Waals surface area contributed by atoms with Crippen LogP contribution in [0.2, 0.25) is 0 Å². The molecule has 12 heavy (non-hydrogen) atoms. The fourth-order valence-corrected chi connectivity index (χ4v) is 0.790. The van der Waals surface area contributed by atoms with Gasteiger partial charge < -0.3 is 11.1 Å². The van der Waals surface area contributed by atoms with Crippen molar-refractivity contribution in [1.82, 2.24) is 4.98 Å². The number of hydrogen-bond donors (Lipinski definition) is 2. The molecule has 1 heterocycles. The van der Waals surface area contributed by atoms with Crippen LogP contribution in [0, 0.1) is 6.92 Å². The van der Waals surface area contributed by atoms with Gasteiger partial charge in [0.25, 0.3) is 0 Å². The third kappa shape index (κ3) is 2.56. The highest BCUT2D eigenvalue weighted by Gasteiger charge is 2.01. The Labute approximate surface area is 77.0 Å². The van der Waals surface area contributed by atoms with Gasteiger partial charge in [0.2, 0.25) is 0 Å². The Hall–Kier alpha value is -1.00. The zero-order chi connectivity index (χ0) is 8.97. The first-order valence-electron chi connectivity index (χ1n) is 3.49. The number of hydrogen-bond acceptors (Lipinski definition) is 3. The van der Waals surface area contributed by atoms with Crippen LogP contribution in [0.3, 0.4) is 0 Å². The molecule has 1 radical (unpaired) electrons. The number of anilines is 1. The first-order chi connectivity index (χ1) is 5.70. The number of nitrogens with one attached hydrogen (secondary N) is 1. The van der Waals surface area contributed by atoms with Gasteiger partial charge >= 0.3 is 0 Å². The second kappa shape index (κ2) is 4.13. The van der Waals surface area contributed by atoms with E-state index in [2.05, 4.69) is 17.2 Å². The minimum atomic E-state index is -0.375. The van der Waals surface area contributed by atoms with Crippen LogP contribution in [-0.2, 0) is 0 Å². The molecule has 0 saturated heterocycles. The van der Waals surface area contributed by atoms with Crippen molar-refractivity contribution in [3.8, 4) is 0 Å². The average molecular weight is 180 g/mol. The normalized spacial score (nSPS) is 12.2. The maximum Gasteiger partial charge on any atom is 0.0967 e. The van der Waals surface area contributed by atoms with Crippen molar-refractivity contribution in [2.75, 3.05) is 5.32 Å². The third-order valence-corrected chi connectivity index (χ3v) is 1.67. The topological polar surface area (TPSA) is 50.9 Å². The van der Waals surface area contributed by atoms with Gasteiger partial charge in [-0.15, -0.1) is 0 Å². The second-order valence-electron chi connectivity index (χ2n) is 2.34. The summed E-state index contributed by atoms with van der Waals surface area (Å²) in [6, 6.07) is 3.31. The van der Waals surface area contributed by atoms with Gasteiger partial charge in [0.05, 0.1) is 22.9 Å². The van der Waals surface area contributed by atoms with E-state index in [1.54, 1.807) is 12.4 Å². The maximum absolute atomic E-state index is 5.45. The Morgan fingerprint density at radius 3 is 3.00 bits per heavy atom. The monoisotopic (exact) mass is 180 g/mol. The van der Waals surface area contributed by atoms with E-state index in [0.29, 0.717) is 4.99 Å². The summed E-state index contributed by atoms with van der Waals surface area (Å²) >= 11 is 4.93. The smallest absolute Gasteiger partial charge is 0.0967 e. The summed E-state index contributed by atoms with van der Waals surface area (Å²) in [5.41, 5.74) is 6.28. The van der Waals surface area contributed by atoms with E-state index in [9.17, 15) is 0 Å². The second-order valence-corrected chi connectivity index (χ2v) is 2.78. The lowest BCUT2D eigenvalue weighted by Gasteiger charge is -2.09. The molecule has 1 atom stereocenters. The van der Waals surface area contributed by atoms with E-state index in [-0.39, 0.29) is 6.04 Å². The van der Waals surface area contributed by atoms with Crippen molar-refractivity contribution in [2.45, 2.75) is 6.04 Å². The molecule has 0 aliphatic carbocycles. The molecular formula is C8H10N3S. The first-order valence-corrected chi connectivity index (χ1v) is 3.90. The highest BCUT2D eigenvalue weighted by Crippen LogP contribution is 2.03. The number of aromatic nitrogens is 1. The molecule has 0 aromatic carbocycles. The summed E-state index contributed by atoms with van der Waals surface area (Å²) in [5, 5.41) is 2.92. The zero-order valence-electron chi connectivity index (χ0n) is 6.53. The minimum Gasteiger partial charge on any atom is -0.347 e. The summed E-state index contributed by atoms with van der Waals surface area (Å²) in [7, 11) is 0. The van der Waals surface area contributed by atoms with Crippen LogP contribution in [0.15, 0.2) is 24.5 Å². The standard InChI is InChI=1S/C8H10N3S/c1-6(9)8(12)11-7-3-2-4-10-5-7/h2-6H,1,9H2,(H,11,12). The van der Waals surface area contributed by atoms with Gasteiger partial charge in [0.15, 0.2) is 0 Å². The van der Waals surface area contributed by atoms with Gasteiger partial charge in [-0.1, -0.05) is 12.2 Å². The third-order valence-electron chi connectivity index (χ3n) is 1.27. The van der Waals surface area contributed by atoms with E-state index in [1.807, 2.05) is 12.1 Å². The Kier molecular flexibility index (Phi) is 3.13. The van der Waals surface area contributed by atoms with Gasteiger partial charge in [-0.25, -0.2) is 0 Å². The summed E-state index contributed by atoms with van der Waals surface area (Å²) in [5.74, 6) is 0. The fraction of sp³-hybridized carbons (Fsp3) is 0.125. The van der Waals surface area contributed by atoms with Crippen molar-refractivity contribution < 1.29 is 0 Å². The molecule has 0 aliphatic rings. The molecule has 1 unspecified atom stereocenters. The largest absolute Gasteiger partial charge is 0.347 e. The molecule has 1 aromatic heterocycles. The predicted molar refractivity (Wildman–Crippen MR) is 53.8 cm³/mol. The van der Waals surface area contributed by atoms with Crippen LogP contribution in [0.1, 0.15) is 0 Å². The molecule has 1 rings (SSSR count). The van der Waals surface area contributed by atoms with Crippen LogP contribution in [0.4, 0.5) is 5.69 Å². The summed E-state index contributed by atoms with van der Waals surface area (Å²) in [4.78, 5) is 4.43. The molecule has 0 saturated carbocycles. The minimum absolute atomic E-state index is 0.375. The molecule has 0 bridgehead atoms. The van der Waals surface area contributed by atoms with E-state index < -0.39 is 0 Å². The van der Waals surface area contributed by atoms with Gasteiger partial charge in [-0.2, -0.15) is 0 Å². The number of nitrogens with zero attached hydrogens (tertiary/aromatic N) is 1. The van der Waals surface area contributed by atoms with Gasteiger partial charge in [0.1, 0.15) is 0 Å². The lowest BCUT2D eigenvalue weighted by atomic mass is 10.3. The van der Waals surface area contributed by atoms with Crippen molar-refractivity contribution >= 4 is 22.9 Å². The van der Waals surface area contributed by atoms with Crippen molar-refractivity contribution in [3.05, 3.63) is 31.5 Å². The Balaban J connectivity index is 2.59. The molecule has 1 aromatic rings. The Morgan fingerprint density at radius 1 is 1.75 bits per heavy atom. The molecular weight excluding hydrogens is 170 g/mol. The van der Waals surface area contributed by atoms with Crippen LogP contribution in [-0.4, -0.2) is 16.0 Å². The van der Waals surface area contributed by atoms with E-state index in [4.69, 9.17) is 18.0 Å². The molecule has 0 spiro atoms. The Bertz CT molecular complexity index is 258. The van der Waals surface area contributed by atoms with E-state index >= 15 is 0 Å². The molecule has 3 nitrogen and oxygen atoms in total. The zero-order valence-corrected chi connectivity index (χ0v) is 7.34. The molecule has 0 aliphatic heterocycles. The van der Waals surface area contributed by atoms with E-state index in [1.165, 1.54) is 0 Å². The van der Waals surface area contributed by atoms with Crippen LogP contribution in [0.5, 0.6) is 0 Å². The summed E-state index contributed by atoms with van der Waals surface area (Å²) in [6.45, 7) is 3.59. The maximum atomic E-state index is 5.45. The molecule has 4 heteroatoms. The van der Waals surface area contributed by atoms with Crippen molar-refractivity contribution in [3.63, 3.8) is 0 Å². The summed E-state index contributed by atoms with van der Waals surface area (Å²) < 4.78 is 0.